The number of fused-ring (bicyclic) bond motifs is 1. The van der Waals surface area contributed by atoms with Crippen molar-refractivity contribution in [1.82, 2.24) is 24.5 Å². The topological polar surface area (TPSA) is 64.2 Å². The van der Waals surface area contributed by atoms with Gasteiger partial charge in [0.15, 0.2) is 0 Å². The predicted octanol–water partition coefficient (Wildman–Crippen LogP) is 1.60. The normalized spacial score (nSPS) is 12.4. The predicted molar refractivity (Wildman–Crippen MR) is 78.9 cm³/mol. The number of pyridine rings is 1. The van der Waals surface area contributed by atoms with E-state index in [2.05, 4.69) is 22.3 Å². The first kappa shape index (κ1) is 13.4. The molecule has 6 heteroatoms. The van der Waals surface area contributed by atoms with Crippen LogP contribution in [0.15, 0.2) is 49.2 Å². The molecule has 1 amide bonds. The van der Waals surface area contributed by atoms with E-state index in [-0.39, 0.29) is 5.91 Å². The summed E-state index contributed by atoms with van der Waals surface area (Å²) in [6.07, 6.45) is 9.08. The molecule has 21 heavy (non-hydrogen) atoms. The summed E-state index contributed by atoms with van der Waals surface area (Å²) >= 11 is 0. The molecule has 0 unspecified atom stereocenters. The van der Waals surface area contributed by atoms with E-state index >= 15 is 0 Å². The largest absolute Gasteiger partial charge is 0.352 e. The lowest BCUT2D eigenvalue weighted by atomic mass is 10.1. The summed E-state index contributed by atoms with van der Waals surface area (Å²) in [5, 5.41) is 7.11. The first-order chi connectivity index (χ1) is 10.2. The summed E-state index contributed by atoms with van der Waals surface area (Å²) < 4.78 is 3.74. The van der Waals surface area contributed by atoms with Crippen LogP contribution >= 0.6 is 0 Å². The van der Waals surface area contributed by atoms with Crippen molar-refractivity contribution < 1.29 is 4.79 Å². The Kier molecular flexibility index (Phi) is 3.68. The Hall–Kier alpha value is -2.63. The van der Waals surface area contributed by atoms with Crippen LogP contribution in [0.3, 0.4) is 0 Å². The Bertz CT molecular complexity index is 731. The number of nitrogens with zero attached hydrogens (tertiary/aromatic N) is 4. The van der Waals surface area contributed by atoms with E-state index in [1.165, 1.54) is 0 Å². The highest BCUT2D eigenvalue weighted by atomic mass is 16.1. The fourth-order valence-electron chi connectivity index (χ4n) is 2.21. The molecule has 108 valence electrons. The summed E-state index contributed by atoms with van der Waals surface area (Å²) in [5.41, 5.74) is 1.40. The summed E-state index contributed by atoms with van der Waals surface area (Å²) in [6.45, 7) is 3.48. The van der Waals surface area contributed by atoms with E-state index in [1.54, 1.807) is 24.5 Å². The van der Waals surface area contributed by atoms with E-state index in [0.717, 1.165) is 12.2 Å². The van der Waals surface area contributed by atoms with Gasteiger partial charge in [-0.1, -0.05) is 6.92 Å². The monoisotopic (exact) mass is 283 g/mol. The third-order valence-corrected chi connectivity index (χ3v) is 3.33. The number of carbonyl (C=O) groups excluding carboxylic acids is 1. The summed E-state index contributed by atoms with van der Waals surface area (Å²) in [7, 11) is 0. The van der Waals surface area contributed by atoms with Crippen LogP contribution in [0.1, 0.15) is 17.3 Å². The van der Waals surface area contributed by atoms with Crippen molar-refractivity contribution >= 4 is 11.6 Å². The fourth-order valence-corrected chi connectivity index (χ4v) is 2.21. The van der Waals surface area contributed by atoms with Crippen molar-refractivity contribution in [3.05, 3.63) is 54.7 Å². The first-order valence-corrected chi connectivity index (χ1v) is 6.91. The number of hydrogen-bond donors (Lipinski definition) is 1. The molecule has 0 aliphatic heterocycles. The third kappa shape index (κ3) is 3.10. The third-order valence-electron chi connectivity index (χ3n) is 3.33. The number of amides is 1. The van der Waals surface area contributed by atoms with Gasteiger partial charge in [0.25, 0.3) is 5.91 Å². The molecule has 0 saturated carbocycles. The van der Waals surface area contributed by atoms with E-state index in [9.17, 15) is 4.79 Å². The Balaban J connectivity index is 1.58. The fraction of sp³-hybridized carbons (Fsp3) is 0.267. The molecule has 0 spiro atoms. The van der Waals surface area contributed by atoms with Gasteiger partial charge in [-0.05, 0) is 24.1 Å². The number of carbonyl (C=O) groups is 1. The number of aromatic nitrogens is 4. The highest BCUT2D eigenvalue weighted by molar-refractivity contribution is 5.94. The maximum atomic E-state index is 12.1. The number of rotatable bonds is 5. The molecular weight excluding hydrogens is 266 g/mol. The van der Waals surface area contributed by atoms with Crippen molar-refractivity contribution in [3.63, 3.8) is 0 Å². The van der Waals surface area contributed by atoms with Gasteiger partial charge in [0, 0.05) is 49.6 Å². The van der Waals surface area contributed by atoms with E-state index < -0.39 is 0 Å². The number of nitrogens with one attached hydrogen (secondary N) is 1. The van der Waals surface area contributed by atoms with Crippen LogP contribution in [0.4, 0.5) is 0 Å². The molecule has 1 atom stereocenters. The maximum Gasteiger partial charge on any atom is 0.251 e. The van der Waals surface area contributed by atoms with Crippen molar-refractivity contribution in [3.8, 4) is 0 Å². The molecule has 3 aromatic heterocycles. The van der Waals surface area contributed by atoms with Gasteiger partial charge in [-0.25, -0.2) is 4.98 Å². The SMILES string of the molecule is C[C@H](CNC(=O)c1ccn2ccnc2c1)Cn1cccn1. The van der Waals surface area contributed by atoms with Crippen LogP contribution in [0.5, 0.6) is 0 Å². The lowest BCUT2D eigenvalue weighted by Crippen LogP contribution is -2.30. The van der Waals surface area contributed by atoms with Gasteiger partial charge in [-0.3, -0.25) is 9.48 Å². The number of hydrogen-bond acceptors (Lipinski definition) is 3. The van der Waals surface area contributed by atoms with Crippen LogP contribution in [0.2, 0.25) is 0 Å². The summed E-state index contributed by atoms with van der Waals surface area (Å²) in [5.74, 6) is 0.233. The van der Waals surface area contributed by atoms with E-state index in [4.69, 9.17) is 0 Å². The highest BCUT2D eigenvalue weighted by Crippen LogP contribution is 2.06. The molecule has 6 nitrogen and oxygen atoms in total. The summed E-state index contributed by atoms with van der Waals surface area (Å²) in [6, 6.07) is 5.47. The molecule has 0 aromatic carbocycles. The van der Waals surface area contributed by atoms with Gasteiger partial charge >= 0.3 is 0 Å². The van der Waals surface area contributed by atoms with Gasteiger partial charge in [0.2, 0.25) is 0 Å². The maximum absolute atomic E-state index is 12.1. The second kappa shape index (κ2) is 5.78. The van der Waals surface area contributed by atoms with Gasteiger partial charge < -0.3 is 9.72 Å². The Morgan fingerprint density at radius 2 is 2.24 bits per heavy atom. The van der Waals surface area contributed by atoms with Crippen LogP contribution in [-0.2, 0) is 6.54 Å². The smallest absolute Gasteiger partial charge is 0.251 e. The lowest BCUT2D eigenvalue weighted by Gasteiger charge is -2.12. The van der Waals surface area contributed by atoms with E-state index in [0.29, 0.717) is 18.0 Å². The van der Waals surface area contributed by atoms with Crippen LogP contribution in [-0.4, -0.2) is 31.6 Å². The minimum atomic E-state index is -0.0761. The molecule has 3 rings (SSSR count). The molecule has 1 N–H and O–H groups in total. The average molecular weight is 283 g/mol. The zero-order valence-corrected chi connectivity index (χ0v) is 11.8. The molecule has 3 aromatic rings. The number of imidazole rings is 1. The molecule has 0 fully saturated rings. The van der Waals surface area contributed by atoms with Gasteiger partial charge in [0.05, 0.1) is 0 Å². The van der Waals surface area contributed by atoms with Crippen LogP contribution in [0.25, 0.3) is 5.65 Å². The average Bonchev–Trinajstić information content (AvgIpc) is 3.14. The van der Waals surface area contributed by atoms with Crippen molar-refractivity contribution in [2.24, 2.45) is 5.92 Å². The minimum absolute atomic E-state index is 0.0761. The molecule has 0 aliphatic rings. The molecular formula is C15H17N5O. The van der Waals surface area contributed by atoms with Gasteiger partial charge in [-0.15, -0.1) is 0 Å². The molecule has 3 heterocycles. The molecule has 0 saturated heterocycles. The van der Waals surface area contributed by atoms with Gasteiger partial charge in [-0.2, -0.15) is 5.10 Å². The Morgan fingerprint density at radius 3 is 3.05 bits per heavy atom. The van der Waals surface area contributed by atoms with Crippen LogP contribution in [0, 0.1) is 5.92 Å². The Morgan fingerprint density at radius 1 is 1.33 bits per heavy atom. The lowest BCUT2D eigenvalue weighted by molar-refractivity contribution is 0.0946. The van der Waals surface area contributed by atoms with Crippen LogP contribution < -0.4 is 5.32 Å². The first-order valence-electron chi connectivity index (χ1n) is 6.91. The second-order valence-electron chi connectivity index (χ2n) is 5.15. The minimum Gasteiger partial charge on any atom is -0.352 e. The van der Waals surface area contributed by atoms with E-state index in [1.807, 2.05) is 33.7 Å². The van der Waals surface area contributed by atoms with Crippen molar-refractivity contribution in [2.75, 3.05) is 6.54 Å². The zero-order chi connectivity index (χ0) is 14.7. The molecule has 0 aliphatic carbocycles. The zero-order valence-electron chi connectivity index (χ0n) is 11.8. The standard InChI is InChI=1S/C15H17N5O/c1-12(11-20-6-2-4-18-20)10-17-15(21)13-3-7-19-8-5-16-14(19)9-13/h2-9,12H,10-11H2,1H3,(H,17,21)/t12-/m1/s1. The molecule has 0 radical (unpaired) electrons. The van der Waals surface area contributed by atoms with Gasteiger partial charge in [0.1, 0.15) is 5.65 Å². The summed E-state index contributed by atoms with van der Waals surface area (Å²) in [4.78, 5) is 16.3. The molecule has 0 bridgehead atoms. The Labute approximate surface area is 122 Å². The highest BCUT2D eigenvalue weighted by Gasteiger charge is 2.09. The second-order valence-corrected chi connectivity index (χ2v) is 5.15. The van der Waals surface area contributed by atoms with Crippen molar-refractivity contribution in [1.29, 1.82) is 0 Å². The van der Waals surface area contributed by atoms with Crippen molar-refractivity contribution in [2.45, 2.75) is 13.5 Å². The quantitative estimate of drug-likeness (QED) is 0.773.